The molecule has 0 radical (unpaired) electrons. The molecule has 30 heavy (non-hydrogen) atoms. The van der Waals surface area contributed by atoms with Gasteiger partial charge in [0.05, 0.1) is 5.52 Å². The van der Waals surface area contributed by atoms with Crippen molar-refractivity contribution in [1.82, 2.24) is 10.3 Å². The summed E-state index contributed by atoms with van der Waals surface area (Å²) in [6.45, 7) is 6.26. The number of carbonyl (C=O) groups is 1. The SMILES string of the molecule is Cc1ccc(F)c2cc(C(=O)Nc3cccc(N4CCC5(CCNC5)CC4)c3)[nH]c12. The third-order valence-corrected chi connectivity index (χ3v) is 6.82. The zero-order valence-corrected chi connectivity index (χ0v) is 17.2. The summed E-state index contributed by atoms with van der Waals surface area (Å²) < 4.78 is 14.1. The van der Waals surface area contributed by atoms with Crippen LogP contribution in [-0.4, -0.2) is 37.1 Å². The highest BCUT2D eigenvalue weighted by Crippen LogP contribution is 2.38. The van der Waals surface area contributed by atoms with Crippen LogP contribution in [0.3, 0.4) is 0 Å². The Morgan fingerprint density at radius 2 is 1.97 bits per heavy atom. The van der Waals surface area contributed by atoms with Gasteiger partial charge in [0.2, 0.25) is 0 Å². The normalized spacial score (nSPS) is 18.3. The first-order valence-corrected chi connectivity index (χ1v) is 10.7. The van der Waals surface area contributed by atoms with Crippen molar-refractivity contribution in [2.75, 3.05) is 36.4 Å². The molecule has 156 valence electrons. The Labute approximate surface area is 175 Å². The minimum absolute atomic E-state index is 0.267. The van der Waals surface area contributed by atoms with Gasteiger partial charge in [-0.25, -0.2) is 4.39 Å². The van der Waals surface area contributed by atoms with Crippen molar-refractivity contribution in [2.45, 2.75) is 26.2 Å². The molecule has 1 aromatic heterocycles. The number of fused-ring (bicyclic) bond motifs is 1. The number of benzene rings is 2. The van der Waals surface area contributed by atoms with Gasteiger partial charge in [-0.15, -0.1) is 0 Å². The third kappa shape index (κ3) is 3.45. The number of halogens is 1. The van der Waals surface area contributed by atoms with E-state index < -0.39 is 0 Å². The van der Waals surface area contributed by atoms with E-state index in [1.165, 1.54) is 25.3 Å². The topological polar surface area (TPSA) is 60.2 Å². The summed E-state index contributed by atoms with van der Waals surface area (Å²) in [6, 6.07) is 12.7. The Kier molecular flexibility index (Phi) is 4.74. The van der Waals surface area contributed by atoms with Gasteiger partial charge in [-0.2, -0.15) is 0 Å². The quantitative estimate of drug-likeness (QED) is 0.602. The van der Waals surface area contributed by atoms with Crippen molar-refractivity contribution in [1.29, 1.82) is 0 Å². The van der Waals surface area contributed by atoms with Crippen molar-refractivity contribution in [3.8, 4) is 0 Å². The number of anilines is 2. The van der Waals surface area contributed by atoms with Crippen LogP contribution < -0.4 is 15.5 Å². The van der Waals surface area contributed by atoms with Crippen molar-refractivity contribution in [3.05, 3.63) is 59.5 Å². The number of aromatic nitrogens is 1. The van der Waals surface area contributed by atoms with Crippen LogP contribution in [0, 0.1) is 18.2 Å². The maximum Gasteiger partial charge on any atom is 0.272 e. The molecule has 0 atom stereocenters. The summed E-state index contributed by atoms with van der Waals surface area (Å²) in [5, 5.41) is 6.91. The fraction of sp³-hybridized carbons (Fsp3) is 0.375. The lowest BCUT2D eigenvalue weighted by Crippen LogP contribution is -2.41. The second-order valence-electron chi connectivity index (χ2n) is 8.75. The Bertz CT molecular complexity index is 1050. The molecular formula is C24H27FN4O. The van der Waals surface area contributed by atoms with E-state index in [0.29, 0.717) is 22.0 Å². The molecule has 3 aromatic rings. The molecule has 3 heterocycles. The molecule has 3 N–H and O–H groups in total. The van der Waals surface area contributed by atoms with E-state index in [2.05, 4.69) is 26.6 Å². The van der Waals surface area contributed by atoms with Gasteiger partial charge in [0.1, 0.15) is 11.5 Å². The molecule has 0 aliphatic carbocycles. The van der Waals surface area contributed by atoms with Crippen LogP contribution in [0.4, 0.5) is 15.8 Å². The molecular weight excluding hydrogens is 379 g/mol. The second-order valence-corrected chi connectivity index (χ2v) is 8.75. The third-order valence-electron chi connectivity index (χ3n) is 6.82. The first-order chi connectivity index (χ1) is 14.5. The van der Waals surface area contributed by atoms with Crippen molar-refractivity contribution in [3.63, 3.8) is 0 Å². The average Bonchev–Trinajstić information content (AvgIpc) is 3.40. The summed E-state index contributed by atoms with van der Waals surface area (Å²) in [5.41, 5.74) is 4.29. The van der Waals surface area contributed by atoms with Crippen LogP contribution in [0.1, 0.15) is 35.3 Å². The average molecular weight is 407 g/mol. The predicted octanol–water partition coefficient (Wildman–Crippen LogP) is 4.45. The molecule has 1 amide bonds. The highest BCUT2D eigenvalue weighted by Gasteiger charge is 2.37. The molecule has 2 aliphatic rings. The van der Waals surface area contributed by atoms with E-state index in [-0.39, 0.29) is 11.7 Å². The molecule has 2 aliphatic heterocycles. The number of carbonyl (C=O) groups excluding carboxylic acids is 1. The summed E-state index contributed by atoms with van der Waals surface area (Å²) in [6.07, 6.45) is 3.69. The molecule has 2 fully saturated rings. The molecule has 1 spiro atoms. The lowest BCUT2D eigenvalue weighted by molar-refractivity contribution is 0.102. The first-order valence-electron chi connectivity index (χ1n) is 10.7. The van der Waals surface area contributed by atoms with Crippen LogP contribution in [0.2, 0.25) is 0 Å². The lowest BCUT2D eigenvalue weighted by atomic mass is 9.78. The van der Waals surface area contributed by atoms with Gasteiger partial charge in [0, 0.05) is 36.4 Å². The van der Waals surface area contributed by atoms with E-state index in [1.54, 1.807) is 12.1 Å². The summed E-state index contributed by atoms with van der Waals surface area (Å²) in [7, 11) is 0. The van der Waals surface area contributed by atoms with Crippen molar-refractivity contribution < 1.29 is 9.18 Å². The fourth-order valence-corrected chi connectivity index (χ4v) is 4.89. The van der Waals surface area contributed by atoms with Gasteiger partial charge in [-0.3, -0.25) is 4.79 Å². The highest BCUT2D eigenvalue weighted by atomic mass is 19.1. The number of aromatic amines is 1. The van der Waals surface area contributed by atoms with Crippen molar-refractivity contribution in [2.24, 2.45) is 5.41 Å². The lowest BCUT2D eigenvalue weighted by Gasteiger charge is -2.40. The largest absolute Gasteiger partial charge is 0.371 e. The maximum atomic E-state index is 14.1. The molecule has 5 rings (SSSR count). The van der Waals surface area contributed by atoms with E-state index >= 15 is 0 Å². The number of amides is 1. The summed E-state index contributed by atoms with van der Waals surface area (Å²) in [5.74, 6) is -0.593. The van der Waals surface area contributed by atoms with Gasteiger partial charge in [0.25, 0.3) is 5.91 Å². The smallest absolute Gasteiger partial charge is 0.272 e. The number of H-pyrrole nitrogens is 1. The van der Waals surface area contributed by atoms with Gasteiger partial charge in [-0.1, -0.05) is 12.1 Å². The van der Waals surface area contributed by atoms with Crippen molar-refractivity contribution >= 4 is 28.2 Å². The Balaban J connectivity index is 1.31. The summed E-state index contributed by atoms with van der Waals surface area (Å²) >= 11 is 0. The number of piperidine rings is 1. The molecule has 0 bridgehead atoms. The monoisotopic (exact) mass is 406 g/mol. The number of hydrogen-bond acceptors (Lipinski definition) is 3. The van der Waals surface area contributed by atoms with E-state index in [1.807, 2.05) is 25.1 Å². The zero-order valence-electron chi connectivity index (χ0n) is 17.2. The van der Waals surface area contributed by atoms with Gasteiger partial charge >= 0.3 is 0 Å². The molecule has 0 saturated carbocycles. The number of aryl methyl sites for hydroxylation is 1. The maximum absolute atomic E-state index is 14.1. The van der Waals surface area contributed by atoms with E-state index in [9.17, 15) is 9.18 Å². The Hall–Kier alpha value is -2.86. The number of nitrogens with one attached hydrogen (secondary N) is 3. The van der Waals surface area contributed by atoms with Crippen LogP contribution >= 0.6 is 0 Å². The number of hydrogen-bond donors (Lipinski definition) is 3. The predicted molar refractivity (Wildman–Crippen MR) is 119 cm³/mol. The van der Waals surface area contributed by atoms with Crippen LogP contribution in [-0.2, 0) is 0 Å². The van der Waals surface area contributed by atoms with Crippen LogP contribution in [0.5, 0.6) is 0 Å². The Morgan fingerprint density at radius 1 is 1.13 bits per heavy atom. The number of nitrogens with zero attached hydrogens (tertiary/aromatic N) is 1. The molecule has 2 aromatic carbocycles. The van der Waals surface area contributed by atoms with E-state index in [4.69, 9.17) is 0 Å². The molecule has 0 unspecified atom stereocenters. The summed E-state index contributed by atoms with van der Waals surface area (Å²) in [4.78, 5) is 18.2. The van der Waals surface area contributed by atoms with Crippen LogP contribution in [0.15, 0.2) is 42.5 Å². The minimum Gasteiger partial charge on any atom is -0.371 e. The molecule has 5 nitrogen and oxygen atoms in total. The van der Waals surface area contributed by atoms with Gasteiger partial charge in [0.15, 0.2) is 0 Å². The zero-order chi connectivity index (χ0) is 20.7. The van der Waals surface area contributed by atoms with Gasteiger partial charge < -0.3 is 20.5 Å². The minimum atomic E-state index is -0.326. The molecule has 6 heteroatoms. The fourth-order valence-electron chi connectivity index (χ4n) is 4.89. The molecule has 2 saturated heterocycles. The van der Waals surface area contributed by atoms with Crippen LogP contribution in [0.25, 0.3) is 10.9 Å². The standard InChI is InChI=1S/C24H27FN4O/c1-16-5-6-20(25)19-14-21(28-22(16)19)23(30)27-17-3-2-4-18(13-17)29-11-8-24(9-12-29)7-10-26-15-24/h2-6,13-14,26,28H,7-12,15H2,1H3,(H,27,30). The van der Waals surface area contributed by atoms with E-state index in [0.717, 1.165) is 43.1 Å². The number of rotatable bonds is 3. The highest BCUT2D eigenvalue weighted by molar-refractivity contribution is 6.06. The first kappa shape index (κ1) is 19.1. The van der Waals surface area contributed by atoms with Gasteiger partial charge in [-0.05, 0) is 74.0 Å². The Morgan fingerprint density at radius 3 is 2.70 bits per heavy atom. The second kappa shape index (κ2) is 7.43.